The fourth-order valence-corrected chi connectivity index (χ4v) is 1.36. The molecule has 0 saturated carbocycles. The lowest BCUT2D eigenvalue weighted by Crippen LogP contribution is -1.97. The standard InChI is InChI=1S/C18H21O2/c1-3-5-7-9-14-19-17-12-11-13-18(16-17)20-15-10-8-6-4-2/h11-12,16H,3-6,14-15H2,1-2H3. The van der Waals surface area contributed by atoms with Gasteiger partial charge in [-0.2, -0.15) is 0 Å². The van der Waals surface area contributed by atoms with Crippen molar-refractivity contribution >= 4 is 0 Å². The third-order valence-electron chi connectivity index (χ3n) is 2.36. The Morgan fingerprint density at radius 1 is 0.950 bits per heavy atom. The predicted molar refractivity (Wildman–Crippen MR) is 81.6 cm³/mol. The average Bonchev–Trinajstić information content (AvgIpc) is 2.47. The maximum Gasteiger partial charge on any atom is 0.149 e. The monoisotopic (exact) mass is 269 g/mol. The summed E-state index contributed by atoms with van der Waals surface area (Å²) in [7, 11) is 0. The molecule has 0 atom stereocenters. The lowest BCUT2D eigenvalue weighted by atomic mass is 10.3. The molecule has 1 radical (unpaired) electrons. The van der Waals surface area contributed by atoms with Crippen molar-refractivity contribution in [1.29, 1.82) is 0 Å². The van der Waals surface area contributed by atoms with Gasteiger partial charge in [0.15, 0.2) is 0 Å². The first-order chi connectivity index (χ1) is 9.86. The van der Waals surface area contributed by atoms with Crippen molar-refractivity contribution in [3.8, 4) is 35.2 Å². The zero-order valence-corrected chi connectivity index (χ0v) is 12.3. The second-order valence-corrected chi connectivity index (χ2v) is 4.17. The van der Waals surface area contributed by atoms with Crippen LogP contribution in [0.15, 0.2) is 18.2 Å². The smallest absolute Gasteiger partial charge is 0.149 e. The minimum atomic E-state index is 0.385. The van der Waals surface area contributed by atoms with Gasteiger partial charge in [0.2, 0.25) is 0 Å². The number of ether oxygens (including phenoxy) is 2. The number of rotatable bonds is 6. The van der Waals surface area contributed by atoms with E-state index in [4.69, 9.17) is 9.47 Å². The Morgan fingerprint density at radius 2 is 1.60 bits per heavy atom. The van der Waals surface area contributed by atoms with Crippen LogP contribution >= 0.6 is 0 Å². The molecule has 105 valence electrons. The van der Waals surface area contributed by atoms with Crippen molar-refractivity contribution in [2.45, 2.75) is 39.5 Å². The van der Waals surface area contributed by atoms with Gasteiger partial charge in [-0.1, -0.05) is 37.5 Å². The Hall–Kier alpha value is -2.06. The van der Waals surface area contributed by atoms with E-state index in [1.54, 1.807) is 6.07 Å². The van der Waals surface area contributed by atoms with Gasteiger partial charge in [0.25, 0.3) is 0 Å². The van der Waals surface area contributed by atoms with Crippen molar-refractivity contribution in [3.63, 3.8) is 0 Å². The van der Waals surface area contributed by atoms with E-state index in [0.717, 1.165) is 31.4 Å². The summed E-state index contributed by atoms with van der Waals surface area (Å²) in [6.45, 7) is 5.00. The van der Waals surface area contributed by atoms with E-state index >= 15 is 0 Å². The molecule has 0 aromatic heterocycles. The molecule has 0 fully saturated rings. The summed E-state index contributed by atoms with van der Waals surface area (Å²) in [5.41, 5.74) is 0. The van der Waals surface area contributed by atoms with E-state index in [0.29, 0.717) is 19.0 Å². The summed E-state index contributed by atoms with van der Waals surface area (Å²) in [4.78, 5) is 0. The van der Waals surface area contributed by atoms with Crippen molar-refractivity contribution in [3.05, 3.63) is 24.3 Å². The van der Waals surface area contributed by atoms with E-state index in [1.807, 2.05) is 12.1 Å². The first-order valence-corrected chi connectivity index (χ1v) is 7.05. The minimum Gasteiger partial charge on any atom is -0.481 e. The highest BCUT2D eigenvalue weighted by Crippen LogP contribution is 2.18. The molecule has 2 nitrogen and oxygen atoms in total. The summed E-state index contributed by atoms with van der Waals surface area (Å²) < 4.78 is 11.0. The SMILES string of the molecule is CCCC#CCOc1[c]ccc(OCC#CCCC)c1. The van der Waals surface area contributed by atoms with Crippen LogP contribution in [0.4, 0.5) is 0 Å². The molecule has 0 aliphatic heterocycles. The van der Waals surface area contributed by atoms with E-state index in [2.05, 4.69) is 43.6 Å². The number of unbranched alkanes of at least 4 members (excludes halogenated alkanes) is 2. The summed E-state index contributed by atoms with van der Waals surface area (Å²) in [6, 6.07) is 8.44. The van der Waals surface area contributed by atoms with Crippen LogP contribution in [0.5, 0.6) is 11.5 Å². The second kappa shape index (κ2) is 10.8. The summed E-state index contributed by atoms with van der Waals surface area (Å²) in [5, 5.41) is 0. The van der Waals surface area contributed by atoms with Gasteiger partial charge >= 0.3 is 0 Å². The van der Waals surface area contributed by atoms with Gasteiger partial charge < -0.3 is 9.47 Å². The van der Waals surface area contributed by atoms with E-state index in [1.165, 1.54) is 0 Å². The lowest BCUT2D eigenvalue weighted by Gasteiger charge is -2.05. The van der Waals surface area contributed by atoms with Crippen molar-refractivity contribution in [2.24, 2.45) is 0 Å². The maximum atomic E-state index is 5.53. The Morgan fingerprint density at radius 3 is 2.25 bits per heavy atom. The van der Waals surface area contributed by atoms with Crippen LogP contribution < -0.4 is 9.47 Å². The summed E-state index contributed by atoms with van der Waals surface area (Å²) >= 11 is 0. The molecule has 0 heterocycles. The molecule has 1 aromatic rings. The topological polar surface area (TPSA) is 18.5 Å². The van der Waals surface area contributed by atoms with Crippen LogP contribution in [0.2, 0.25) is 0 Å². The molecule has 0 N–H and O–H groups in total. The van der Waals surface area contributed by atoms with Crippen LogP contribution in [0.1, 0.15) is 39.5 Å². The molecular formula is C18H21O2. The number of hydrogen-bond donors (Lipinski definition) is 0. The fourth-order valence-electron chi connectivity index (χ4n) is 1.36. The Kier molecular flexibility index (Phi) is 8.66. The van der Waals surface area contributed by atoms with Crippen molar-refractivity contribution in [1.82, 2.24) is 0 Å². The molecule has 0 unspecified atom stereocenters. The van der Waals surface area contributed by atoms with Crippen LogP contribution in [-0.4, -0.2) is 13.2 Å². The molecule has 0 saturated heterocycles. The van der Waals surface area contributed by atoms with Crippen LogP contribution in [0.3, 0.4) is 0 Å². The summed E-state index contributed by atoms with van der Waals surface area (Å²) in [5.74, 6) is 13.4. The number of hydrogen-bond acceptors (Lipinski definition) is 2. The molecule has 2 heteroatoms. The molecule has 0 aliphatic rings. The molecule has 0 spiro atoms. The van der Waals surface area contributed by atoms with Gasteiger partial charge in [-0.25, -0.2) is 0 Å². The van der Waals surface area contributed by atoms with Gasteiger partial charge in [-0.05, 0) is 25.0 Å². The molecular weight excluding hydrogens is 248 g/mol. The van der Waals surface area contributed by atoms with E-state index < -0.39 is 0 Å². The molecule has 0 aliphatic carbocycles. The van der Waals surface area contributed by atoms with Gasteiger partial charge in [0.05, 0.1) is 0 Å². The molecule has 1 rings (SSSR count). The Labute approximate surface area is 122 Å². The van der Waals surface area contributed by atoms with Crippen LogP contribution in [-0.2, 0) is 0 Å². The lowest BCUT2D eigenvalue weighted by molar-refractivity contribution is 0.351. The molecule has 1 aromatic carbocycles. The predicted octanol–water partition coefficient (Wildman–Crippen LogP) is 3.85. The first kappa shape index (κ1) is 16.0. The van der Waals surface area contributed by atoms with Gasteiger partial charge in [0, 0.05) is 25.0 Å². The quantitative estimate of drug-likeness (QED) is 0.730. The highest BCUT2D eigenvalue weighted by atomic mass is 16.5. The third-order valence-corrected chi connectivity index (χ3v) is 2.36. The highest BCUT2D eigenvalue weighted by Gasteiger charge is 1.96. The Balaban J connectivity index is 2.38. The van der Waals surface area contributed by atoms with Gasteiger partial charge in [-0.3, -0.25) is 0 Å². The third kappa shape index (κ3) is 7.39. The van der Waals surface area contributed by atoms with Crippen molar-refractivity contribution < 1.29 is 9.47 Å². The average molecular weight is 269 g/mol. The maximum absolute atomic E-state index is 5.53. The minimum absolute atomic E-state index is 0.385. The second-order valence-electron chi connectivity index (χ2n) is 4.17. The Bertz CT molecular complexity index is 454. The normalized spacial score (nSPS) is 8.90. The van der Waals surface area contributed by atoms with Crippen LogP contribution in [0.25, 0.3) is 0 Å². The fraction of sp³-hybridized carbons (Fsp3) is 0.444. The molecule has 20 heavy (non-hydrogen) atoms. The van der Waals surface area contributed by atoms with Crippen LogP contribution in [0, 0.1) is 29.7 Å². The van der Waals surface area contributed by atoms with Gasteiger partial charge in [-0.15, -0.1) is 0 Å². The molecule has 0 bridgehead atoms. The number of benzene rings is 1. The van der Waals surface area contributed by atoms with E-state index in [-0.39, 0.29) is 0 Å². The highest BCUT2D eigenvalue weighted by molar-refractivity contribution is 5.32. The molecule has 0 amide bonds. The van der Waals surface area contributed by atoms with Crippen molar-refractivity contribution in [2.75, 3.05) is 13.2 Å². The largest absolute Gasteiger partial charge is 0.481 e. The first-order valence-electron chi connectivity index (χ1n) is 7.05. The zero-order chi connectivity index (χ0) is 14.5. The van der Waals surface area contributed by atoms with E-state index in [9.17, 15) is 0 Å². The van der Waals surface area contributed by atoms with Gasteiger partial charge in [0.1, 0.15) is 24.7 Å². The zero-order valence-electron chi connectivity index (χ0n) is 12.3. The summed E-state index contributed by atoms with van der Waals surface area (Å²) in [6.07, 6.45) is 3.97.